The number of anilines is 1. The molecule has 2 aromatic rings. The maximum Gasteiger partial charge on any atom is 0.227 e. The largest absolute Gasteiger partial charge is 0.399 e. The number of carbonyl (C=O) groups excluding carboxylic acids is 1. The van der Waals surface area contributed by atoms with Crippen LogP contribution >= 0.6 is 24.2 Å². The van der Waals surface area contributed by atoms with E-state index in [2.05, 4.69) is 12.1 Å². The van der Waals surface area contributed by atoms with Crippen LogP contribution in [-0.2, 0) is 11.2 Å². The van der Waals surface area contributed by atoms with Gasteiger partial charge in [0.15, 0.2) is 0 Å². The zero-order chi connectivity index (χ0) is 15.4. The maximum absolute atomic E-state index is 12.7. The summed E-state index contributed by atoms with van der Waals surface area (Å²) in [5.74, 6) is 2.17. The van der Waals surface area contributed by atoms with Crippen molar-refractivity contribution in [1.82, 2.24) is 4.90 Å². The van der Waals surface area contributed by atoms with Crippen LogP contribution in [0.1, 0.15) is 17.2 Å². The van der Waals surface area contributed by atoms with E-state index >= 15 is 0 Å². The summed E-state index contributed by atoms with van der Waals surface area (Å²) in [6.45, 7) is 0.817. The Hall–Kier alpha value is -1.65. The fraction of sp³-hybridized carbons (Fsp3) is 0.278. The second kappa shape index (κ2) is 8.27. The lowest BCUT2D eigenvalue weighted by Gasteiger charge is -2.36. The van der Waals surface area contributed by atoms with E-state index in [0.717, 1.165) is 29.3 Å². The minimum absolute atomic E-state index is 0. The number of hydrogen-bond donors (Lipinski definition) is 1. The van der Waals surface area contributed by atoms with Crippen LogP contribution in [0, 0.1) is 0 Å². The first-order chi connectivity index (χ1) is 10.7. The molecule has 1 aliphatic heterocycles. The Morgan fingerprint density at radius 3 is 2.52 bits per heavy atom. The highest BCUT2D eigenvalue weighted by Crippen LogP contribution is 2.30. The summed E-state index contributed by atoms with van der Waals surface area (Å²) in [4.78, 5) is 14.8. The quantitative estimate of drug-likeness (QED) is 0.863. The van der Waals surface area contributed by atoms with Gasteiger partial charge in [0.25, 0.3) is 0 Å². The average Bonchev–Trinajstić information content (AvgIpc) is 2.58. The van der Waals surface area contributed by atoms with Gasteiger partial charge in [0.05, 0.1) is 12.5 Å². The zero-order valence-electron chi connectivity index (χ0n) is 12.9. The van der Waals surface area contributed by atoms with Crippen LogP contribution in [0.2, 0.25) is 0 Å². The Morgan fingerprint density at radius 2 is 1.83 bits per heavy atom. The Balaban J connectivity index is 0.00000192. The SMILES string of the molecule is Cl.Nc1ccc(CC(=O)N2CCSCC2c2ccccc2)cc1. The van der Waals surface area contributed by atoms with Crippen molar-refractivity contribution in [3.63, 3.8) is 0 Å². The molecule has 5 heteroatoms. The number of halogens is 1. The van der Waals surface area contributed by atoms with E-state index in [1.807, 2.05) is 59.1 Å². The number of nitrogens with zero attached hydrogens (tertiary/aromatic N) is 1. The molecule has 122 valence electrons. The summed E-state index contributed by atoms with van der Waals surface area (Å²) in [5, 5.41) is 0. The number of thioether (sulfide) groups is 1. The van der Waals surface area contributed by atoms with E-state index in [1.165, 1.54) is 5.56 Å². The summed E-state index contributed by atoms with van der Waals surface area (Å²) in [5.41, 5.74) is 8.67. The molecule has 3 nitrogen and oxygen atoms in total. The molecule has 0 bridgehead atoms. The van der Waals surface area contributed by atoms with Gasteiger partial charge in [-0.1, -0.05) is 42.5 Å². The van der Waals surface area contributed by atoms with Crippen molar-refractivity contribution in [2.75, 3.05) is 23.8 Å². The van der Waals surface area contributed by atoms with E-state index < -0.39 is 0 Å². The first-order valence-electron chi connectivity index (χ1n) is 7.50. The third-order valence-electron chi connectivity index (χ3n) is 3.97. The van der Waals surface area contributed by atoms with E-state index in [4.69, 9.17) is 5.73 Å². The molecule has 3 rings (SSSR count). The average molecular weight is 349 g/mol. The van der Waals surface area contributed by atoms with Crippen LogP contribution in [0.5, 0.6) is 0 Å². The first kappa shape index (κ1) is 17.7. The highest BCUT2D eigenvalue weighted by atomic mass is 35.5. The summed E-state index contributed by atoms with van der Waals surface area (Å²) in [6.07, 6.45) is 0.439. The molecule has 1 saturated heterocycles. The van der Waals surface area contributed by atoms with Crippen molar-refractivity contribution in [1.29, 1.82) is 0 Å². The smallest absolute Gasteiger partial charge is 0.227 e. The molecular formula is C18H21ClN2OS. The normalized spacial score (nSPS) is 17.4. The molecule has 0 radical (unpaired) electrons. The van der Waals surface area contributed by atoms with Crippen LogP contribution in [0.4, 0.5) is 5.69 Å². The van der Waals surface area contributed by atoms with Crippen molar-refractivity contribution in [2.24, 2.45) is 0 Å². The van der Waals surface area contributed by atoms with Crippen LogP contribution in [0.15, 0.2) is 54.6 Å². The Labute approximate surface area is 147 Å². The fourth-order valence-electron chi connectivity index (χ4n) is 2.77. The predicted molar refractivity (Wildman–Crippen MR) is 100 cm³/mol. The van der Waals surface area contributed by atoms with E-state index in [0.29, 0.717) is 6.42 Å². The standard InChI is InChI=1S/C18H20N2OS.ClH/c19-16-8-6-14(7-9-16)12-18(21)20-10-11-22-13-17(20)15-4-2-1-3-5-15;/h1-9,17H,10-13,19H2;1H. The highest BCUT2D eigenvalue weighted by Gasteiger charge is 2.27. The molecule has 1 atom stereocenters. The lowest BCUT2D eigenvalue weighted by molar-refractivity contribution is -0.132. The number of amides is 1. The minimum Gasteiger partial charge on any atom is -0.399 e. The molecule has 0 aromatic heterocycles. The van der Waals surface area contributed by atoms with Gasteiger partial charge in [-0.3, -0.25) is 4.79 Å². The molecule has 1 heterocycles. The van der Waals surface area contributed by atoms with Gasteiger partial charge in [0.1, 0.15) is 0 Å². The maximum atomic E-state index is 12.7. The Kier molecular flexibility index (Phi) is 6.37. The third kappa shape index (κ3) is 4.43. The monoisotopic (exact) mass is 348 g/mol. The second-order valence-electron chi connectivity index (χ2n) is 5.51. The molecule has 23 heavy (non-hydrogen) atoms. The summed E-state index contributed by atoms with van der Waals surface area (Å²) in [7, 11) is 0. The van der Waals surface area contributed by atoms with Gasteiger partial charge in [0.2, 0.25) is 5.91 Å². The number of nitrogen functional groups attached to an aromatic ring is 1. The highest BCUT2D eigenvalue weighted by molar-refractivity contribution is 7.99. The minimum atomic E-state index is 0. The van der Waals surface area contributed by atoms with Crippen LogP contribution in [0.25, 0.3) is 0 Å². The molecule has 0 aliphatic carbocycles. The van der Waals surface area contributed by atoms with Crippen molar-refractivity contribution in [3.8, 4) is 0 Å². The molecule has 2 N–H and O–H groups in total. The topological polar surface area (TPSA) is 46.3 Å². The number of hydrogen-bond acceptors (Lipinski definition) is 3. The van der Waals surface area contributed by atoms with Crippen LogP contribution < -0.4 is 5.73 Å². The van der Waals surface area contributed by atoms with Gasteiger partial charge in [-0.25, -0.2) is 0 Å². The van der Waals surface area contributed by atoms with Crippen molar-refractivity contribution in [3.05, 3.63) is 65.7 Å². The van der Waals surface area contributed by atoms with E-state index in [-0.39, 0.29) is 24.4 Å². The zero-order valence-corrected chi connectivity index (χ0v) is 14.5. The first-order valence-corrected chi connectivity index (χ1v) is 8.66. The van der Waals surface area contributed by atoms with Gasteiger partial charge in [-0.2, -0.15) is 11.8 Å². The molecule has 0 saturated carbocycles. The molecule has 1 fully saturated rings. The van der Waals surface area contributed by atoms with Gasteiger partial charge in [-0.05, 0) is 23.3 Å². The van der Waals surface area contributed by atoms with E-state index in [1.54, 1.807) is 0 Å². The second-order valence-corrected chi connectivity index (χ2v) is 6.66. The Morgan fingerprint density at radius 1 is 1.13 bits per heavy atom. The van der Waals surface area contributed by atoms with Crippen molar-refractivity contribution >= 4 is 35.8 Å². The number of benzene rings is 2. The number of carbonyl (C=O) groups is 1. The molecule has 0 spiro atoms. The van der Waals surface area contributed by atoms with E-state index in [9.17, 15) is 4.79 Å². The Bertz CT molecular complexity index is 633. The molecule has 1 aliphatic rings. The lowest BCUT2D eigenvalue weighted by Crippen LogP contribution is -2.41. The molecule has 1 unspecified atom stereocenters. The van der Waals surface area contributed by atoms with Gasteiger partial charge >= 0.3 is 0 Å². The van der Waals surface area contributed by atoms with Crippen molar-refractivity contribution < 1.29 is 4.79 Å². The summed E-state index contributed by atoms with van der Waals surface area (Å²) >= 11 is 1.92. The van der Waals surface area contributed by atoms with Crippen LogP contribution in [-0.4, -0.2) is 28.9 Å². The third-order valence-corrected chi connectivity index (χ3v) is 4.99. The lowest BCUT2D eigenvalue weighted by atomic mass is 10.0. The van der Waals surface area contributed by atoms with Crippen LogP contribution in [0.3, 0.4) is 0 Å². The summed E-state index contributed by atoms with van der Waals surface area (Å²) < 4.78 is 0. The number of nitrogens with two attached hydrogens (primary N) is 1. The van der Waals surface area contributed by atoms with Crippen molar-refractivity contribution in [2.45, 2.75) is 12.5 Å². The predicted octanol–water partition coefficient (Wildman–Crippen LogP) is 3.55. The van der Waals surface area contributed by atoms with Gasteiger partial charge < -0.3 is 10.6 Å². The number of rotatable bonds is 3. The molecule has 2 aromatic carbocycles. The summed E-state index contributed by atoms with van der Waals surface area (Å²) in [6, 6.07) is 18.1. The fourth-order valence-corrected chi connectivity index (χ4v) is 3.85. The molecule has 1 amide bonds. The van der Waals surface area contributed by atoms with Gasteiger partial charge in [0, 0.05) is 23.7 Å². The molecular weight excluding hydrogens is 328 g/mol. The van der Waals surface area contributed by atoms with Gasteiger partial charge in [-0.15, -0.1) is 12.4 Å².